The van der Waals surface area contributed by atoms with Crippen molar-refractivity contribution in [3.05, 3.63) is 0 Å². The second-order valence-corrected chi connectivity index (χ2v) is 9.06. The molecule has 0 heterocycles. The molecule has 0 aromatic rings. The zero-order valence-corrected chi connectivity index (χ0v) is 20.3. The van der Waals surface area contributed by atoms with Gasteiger partial charge in [0, 0.05) is 0 Å². The lowest BCUT2D eigenvalue weighted by atomic mass is 9.96. The highest BCUT2D eigenvalue weighted by atomic mass is 16.4. The lowest BCUT2D eigenvalue weighted by molar-refractivity contribution is -0.143. The topological polar surface area (TPSA) is 177 Å². The van der Waals surface area contributed by atoms with Gasteiger partial charge < -0.3 is 32.5 Å². The predicted molar refractivity (Wildman–Crippen MR) is 123 cm³/mol. The van der Waals surface area contributed by atoms with E-state index in [2.05, 4.69) is 16.0 Å². The molecule has 186 valence electrons. The van der Waals surface area contributed by atoms with Crippen LogP contribution in [0.2, 0.25) is 0 Å². The molecule has 0 saturated heterocycles. The molecule has 0 aliphatic heterocycles. The molecule has 8 N–H and O–H groups in total. The summed E-state index contributed by atoms with van der Waals surface area (Å²) in [7, 11) is 0. The Balaban J connectivity index is 5.32. The Labute approximate surface area is 191 Å². The van der Waals surface area contributed by atoms with Crippen molar-refractivity contribution in [2.24, 2.45) is 29.2 Å². The van der Waals surface area contributed by atoms with Crippen molar-refractivity contribution in [2.45, 2.75) is 91.4 Å². The SMILES string of the molecule is CC[C@H](C)[C@H](N)C(=O)N[C@H](C(=O)N[C@H](C(=O)N[C@H](CCCCN)C(=O)O)C(C)C)C(C)C. The lowest BCUT2D eigenvalue weighted by Gasteiger charge is -2.29. The molecule has 5 atom stereocenters. The number of carboxylic acid groups (broad SMARTS) is 1. The van der Waals surface area contributed by atoms with Crippen molar-refractivity contribution in [2.75, 3.05) is 6.54 Å². The Morgan fingerprint density at radius 1 is 0.812 bits per heavy atom. The molecule has 0 radical (unpaired) electrons. The summed E-state index contributed by atoms with van der Waals surface area (Å²) in [5.74, 6) is -3.27. The fourth-order valence-electron chi connectivity index (χ4n) is 3.09. The van der Waals surface area contributed by atoms with Crippen molar-refractivity contribution >= 4 is 23.7 Å². The molecule has 3 amide bonds. The molecule has 0 rings (SSSR count). The summed E-state index contributed by atoms with van der Waals surface area (Å²) < 4.78 is 0. The molecule has 0 saturated carbocycles. The van der Waals surface area contributed by atoms with Gasteiger partial charge in [0.2, 0.25) is 17.7 Å². The van der Waals surface area contributed by atoms with Crippen molar-refractivity contribution in [3.63, 3.8) is 0 Å². The van der Waals surface area contributed by atoms with E-state index in [1.807, 2.05) is 13.8 Å². The number of carboxylic acids is 1. The number of amides is 3. The van der Waals surface area contributed by atoms with Crippen LogP contribution in [-0.4, -0.2) is 59.5 Å². The summed E-state index contributed by atoms with van der Waals surface area (Å²) in [6, 6.07) is -3.66. The molecule has 10 heteroatoms. The standard InChI is InChI=1S/C22H43N5O5/c1-7-14(6)16(24)19(28)26-18(13(4)5)21(30)27-17(12(2)3)20(29)25-15(22(31)32)10-8-9-11-23/h12-18H,7-11,23-24H2,1-6H3,(H,25,29)(H,26,28)(H,27,30)(H,31,32)/t14-,15+,16-,17-,18-/m0/s1. The van der Waals surface area contributed by atoms with E-state index in [0.717, 1.165) is 6.42 Å². The molecule has 0 unspecified atom stereocenters. The lowest BCUT2D eigenvalue weighted by Crippen LogP contribution is -2.60. The Bertz CT molecular complexity index is 626. The van der Waals surface area contributed by atoms with Gasteiger partial charge in [0.25, 0.3) is 0 Å². The molecule has 0 bridgehead atoms. The molecule has 0 fully saturated rings. The van der Waals surface area contributed by atoms with Crippen molar-refractivity contribution < 1.29 is 24.3 Å². The number of hydrogen-bond donors (Lipinski definition) is 6. The number of carbonyl (C=O) groups is 4. The van der Waals surface area contributed by atoms with E-state index in [0.29, 0.717) is 19.4 Å². The number of nitrogens with two attached hydrogens (primary N) is 2. The summed E-state index contributed by atoms with van der Waals surface area (Å²) in [6.45, 7) is 11.3. The first-order valence-electron chi connectivity index (χ1n) is 11.5. The number of carbonyl (C=O) groups excluding carboxylic acids is 3. The van der Waals surface area contributed by atoms with Gasteiger partial charge in [-0.25, -0.2) is 4.79 Å². The predicted octanol–water partition coefficient (Wildman–Crippen LogP) is 0.340. The van der Waals surface area contributed by atoms with Crippen LogP contribution in [0.15, 0.2) is 0 Å². The molecule has 0 spiro atoms. The first kappa shape index (κ1) is 29.8. The quantitative estimate of drug-likeness (QED) is 0.192. The van der Waals surface area contributed by atoms with Gasteiger partial charge in [-0.05, 0) is 43.6 Å². The van der Waals surface area contributed by atoms with E-state index < -0.39 is 47.9 Å². The molecule has 0 aromatic carbocycles. The zero-order chi connectivity index (χ0) is 25.0. The Morgan fingerprint density at radius 3 is 1.69 bits per heavy atom. The van der Waals surface area contributed by atoms with Crippen molar-refractivity contribution in [1.29, 1.82) is 0 Å². The van der Waals surface area contributed by atoms with Gasteiger partial charge in [-0.2, -0.15) is 0 Å². The van der Waals surface area contributed by atoms with Gasteiger partial charge in [0.05, 0.1) is 6.04 Å². The van der Waals surface area contributed by atoms with Crippen LogP contribution < -0.4 is 27.4 Å². The molecule has 10 nitrogen and oxygen atoms in total. The van der Waals surface area contributed by atoms with Crippen LogP contribution in [0.3, 0.4) is 0 Å². The number of aliphatic carboxylic acids is 1. The molecule has 0 aliphatic carbocycles. The minimum Gasteiger partial charge on any atom is -0.480 e. The summed E-state index contributed by atoms with van der Waals surface area (Å²) in [5.41, 5.74) is 11.4. The third-order valence-corrected chi connectivity index (χ3v) is 5.62. The van der Waals surface area contributed by atoms with Gasteiger partial charge in [-0.3, -0.25) is 14.4 Å². The maximum Gasteiger partial charge on any atom is 0.326 e. The first-order chi connectivity index (χ1) is 14.9. The third-order valence-electron chi connectivity index (χ3n) is 5.62. The van der Waals surface area contributed by atoms with Crippen molar-refractivity contribution in [1.82, 2.24) is 16.0 Å². The molecule has 0 aliphatic rings. The number of rotatable bonds is 15. The van der Waals surface area contributed by atoms with Crippen LogP contribution in [-0.2, 0) is 19.2 Å². The Kier molecular flexibility index (Phi) is 13.8. The normalized spacial score (nSPS) is 16.1. The fourth-order valence-corrected chi connectivity index (χ4v) is 3.09. The number of nitrogens with one attached hydrogen (secondary N) is 3. The molecular weight excluding hydrogens is 414 g/mol. The van der Waals surface area contributed by atoms with E-state index in [1.165, 1.54) is 0 Å². The summed E-state index contributed by atoms with van der Waals surface area (Å²) in [6.07, 6.45) is 2.18. The Morgan fingerprint density at radius 2 is 1.28 bits per heavy atom. The third kappa shape index (κ3) is 9.95. The minimum absolute atomic E-state index is 0.0488. The van der Waals surface area contributed by atoms with Gasteiger partial charge in [0.1, 0.15) is 18.1 Å². The fraction of sp³-hybridized carbons (Fsp3) is 0.818. The monoisotopic (exact) mass is 457 g/mol. The maximum absolute atomic E-state index is 13.0. The van der Waals surface area contributed by atoms with Gasteiger partial charge in [-0.15, -0.1) is 0 Å². The molecule has 0 aromatic heterocycles. The molecular formula is C22H43N5O5. The Hall–Kier alpha value is -2.20. The highest BCUT2D eigenvalue weighted by Gasteiger charge is 2.33. The van der Waals surface area contributed by atoms with E-state index in [-0.39, 0.29) is 24.2 Å². The van der Waals surface area contributed by atoms with Gasteiger partial charge in [0.15, 0.2) is 0 Å². The average Bonchev–Trinajstić information content (AvgIpc) is 2.72. The van der Waals surface area contributed by atoms with E-state index >= 15 is 0 Å². The van der Waals surface area contributed by atoms with Crippen LogP contribution in [0, 0.1) is 17.8 Å². The second-order valence-electron chi connectivity index (χ2n) is 9.06. The highest BCUT2D eigenvalue weighted by molar-refractivity contribution is 5.94. The van der Waals surface area contributed by atoms with E-state index in [1.54, 1.807) is 27.7 Å². The van der Waals surface area contributed by atoms with Gasteiger partial charge >= 0.3 is 5.97 Å². The smallest absolute Gasteiger partial charge is 0.326 e. The van der Waals surface area contributed by atoms with Crippen LogP contribution in [0.1, 0.15) is 67.2 Å². The minimum atomic E-state index is -1.14. The average molecular weight is 458 g/mol. The van der Waals surface area contributed by atoms with E-state index in [4.69, 9.17) is 11.5 Å². The van der Waals surface area contributed by atoms with Crippen LogP contribution in [0.5, 0.6) is 0 Å². The van der Waals surface area contributed by atoms with Crippen LogP contribution in [0.25, 0.3) is 0 Å². The number of hydrogen-bond acceptors (Lipinski definition) is 6. The van der Waals surface area contributed by atoms with Crippen LogP contribution >= 0.6 is 0 Å². The van der Waals surface area contributed by atoms with E-state index in [9.17, 15) is 24.3 Å². The summed E-state index contributed by atoms with van der Waals surface area (Å²) in [4.78, 5) is 49.8. The largest absolute Gasteiger partial charge is 0.480 e. The molecule has 32 heavy (non-hydrogen) atoms. The second kappa shape index (κ2) is 14.8. The highest BCUT2D eigenvalue weighted by Crippen LogP contribution is 2.10. The van der Waals surface area contributed by atoms with Gasteiger partial charge in [-0.1, -0.05) is 48.0 Å². The summed E-state index contributed by atoms with van der Waals surface area (Å²) >= 11 is 0. The zero-order valence-electron chi connectivity index (χ0n) is 20.3. The summed E-state index contributed by atoms with van der Waals surface area (Å²) in [5, 5.41) is 17.3. The number of unbranched alkanes of at least 4 members (excludes halogenated alkanes) is 1. The maximum atomic E-state index is 13.0. The van der Waals surface area contributed by atoms with Crippen molar-refractivity contribution in [3.8, 4) is 0 Å². The van der Waals surface area contributed by atoms with Crippen LogP contribution in [0.4, 0.5) is 0 Å². The first-order valence-corrected chi connectivity index (χ1v) is 11.5.